The Kier molecular flexibility index (Phi) is 4.95. The maximum Gasteiger partial charge on any atom is 0.416 e. The predicted molar refractivity (Wildman–Crippen MR) is 78.6 cm³/mol. The van der Waals surface area contributed by atoms with Gasteiger partial charge >= 0.3 is 6.18 Å². The Morgan fingerprint density at radius 2 is 2.05 bits per heavy atom. The topological polar surface area (TPSA) is 45.7 Å². The summed E-state index contributed by atoms with van der Waals surface area (Å²) >= 11 is 0. The van der Waals surface area contributed by atoms with Crippen LogP contribution in [0.25, 0.3) is 0 Å². The molecule has 0 aromatic heterocycles. The lowest BCUT2D eigenvalue weighted by Gasteiger charge is -2.38. The van der Waals surface area contributed by atoms with E-state index in [2.05, 4.69) is 22.5 Å². The van der Waals surface area contributed by atoms with Crippen LogP contribution in [0.2, 0.25) is 0 Å². The van der Waals surface area contributed by atoms with Crippen LogP contribution >= 0.6 is 0 Å². The zero-order valence-electron chi connectivity index (χ0n) is 12.6. The Morgan fingerprint density at radius 3 is 2.59 bits per heavy atom. The molecule has 0 amide bonds. The smallest absolute Gasteiger partial charge is 0.380 e. The van der Waals surface area contributed by atoms with Gasteiger partial charge in [0, 0.05) is 25.6 Å². The number of alkyl halides is 3. The van der Waals surface area contributed by atoms with Crippen LogP contribution in [0.4, 0.5) is 13.2 Å². The standard InChI is InChI=1S/C15H20F3N3O/c1-14(9-22-10-14)8-21-13(19-2)20-7-11-4-3-5-12(6-11)15(16,17)18/h3-6H,7-10H2,1-2H3,(H2,19,20,21). The quantitative estimate of drug-likeness (QED) is 0.662. The van der Waals surface area contributed by atoms with Gasteiger partial charge in [-0.1, -0.05) is 19.1 Å². The van der Waals surface area contributed by atoms with E-state index in [1.54, 1.807) is 13.1 Å². The number of rotatable bonds is 4. The van der Waals surface area contributed by atoms with Crippen LogP contribution in [0, 0.1) is 5.41 Å². The predicted octanol–water partition coefficient (Wildman–Crippen LogP) is 2.41. The van der Waals surface area contributed by atoms with Crippen LogP contribution in [-0.2, 0) is 17.5 Å². The molecular formula is C15H20F3N3O. The third-order valence-corrected chi connectivity index (χ3v) is 3.52. The van der Waals surface area contributed by atoms with Gasteiger partial charge in [0.05, 0.1) is 18.8 Å². The average molecular weight is 315 g/mol. The molecule has 0 unspecified atom stereocenters. The molecule has 1 aromatic rings. The highest BCUT2D eigenvalue weighted by Crippen LogP contribution is 2.29. The Hall–Kier alpha value is -1.76. The summed E-state index contributed by atoms with van der Waals surface area (Å²) in [5.41, 5.74) is -0.00165. The minimum Gasteiger partial charge on any atom is -0.380 e. The molecule has 1 aromatic carbocycles. The van der Waals surface area contributed by atoms with E-state index in [0.29, 0.717) is 31.3 Å². The third-order valence-electron chi connectivity index (χ3n) is 3.52. The van der Waals surface area contributed by atoms with Gasteiger partial charge in [0.2, 0.25) is 0 Å². The molecule has 0 radical (unpaired) electrons. The number of halogens is 3. The van der Waals surface area contributed by atoms with E-state index in [-0.39, 0.29) is 12.0 Å². The van der Waals surface area contributed by atoms with Gasteiger partial charge in [-0.15, -0.1) is 0 Å². The van der Waals surface area contributed by atoms with Crippen molar-refractivity contribution in [1.29, 1.82) is 0 Å². The fourth-order valence-corrected chi connectivity index (χ4v) is 2.11. The van der Waals surface area contributed by atoms with E-state index in [4.69, 9.17) is 4.74 Å². The number of nitrogens with one attached hydrogen (secondary N) is 2. The highest BCUT2D eigenvalue weighted by atomic mass is 19.4. The second kappa shape index (κ2) is 6.56. The molecule has 0 atom stereocenters. The molecule has 2 N–H and O–H groups in total. The fraction of sp³-hybridized carbons (Fsp3) is 0.533. The zero-order chi connectivity index (χ0) is 16.2. The normalized spacial score (nSPS) is 17.8. The second-order valence-corrected chi connectivity index (χ2v) is 5.78. The Labute approximate surface area is 127 Å². The highest BCUT2D eigenvalue weighted by molar-refractivity contribution is 5.79. The van der Waals surface area contributed by atoms with Crippen LogP contribution in [0.5, 0.6) is 0 Å². The molecule has 0 aliphatic carbocycles. The van der Waals surface area contributed by atoms with Gasteiger partial charge in [0.1, 0.15) is 0 Å². The van der Waals surface area contributed by atoms with Gasteiger partial charge in [0.25, 0.3) is 0 Å². The molecule has 22 heavy (non-hydrogen) atoms. The molecule has 7 heteroatoms. The van der Waals surface area contributed by atoms with Gasteiger partial charge in [0.15, 0.2) is 5.96 Å². The molecule has 0 bridgehead atoms. The second-order valence-electron chi connectivity index (χ2n) is 5.78. The molecule has 1 saturated heterocycles. The van der Waals surface area contributed by atoms with E-state index in [0.717, 1.165) is 12.1 Å². The molecule has 1 aliphatic rings. The molecule has 1 fully saturated rings. The van der Waals surface area contributed by atoms with Crippen LogP contribution in [0.3, 0.4) is 0 Å². The van der Waals surface area contributed by atoms with Crippen molar-refractivity contribution in [2.75, 3.05) is 26.8 Å². The van der Waals surface area contributed by atoms with Crippen molar-refractivity contribution in [3.8, 4) is 0 Å². The number of aliphatic imine (C=N–C) groups is 1. The summed E-state index contributed by atoms with van der Waals surface area (Å²) < 4.78 is 43.2. The number of benzene rings is 1. The van der Waals surface area contributed by atoms with E-state index in [1.165, 1.54) is 6.07 Å². The SMILES string of the molecule is CN=C(NCc1cccc(C(F)(F)F)c1)NCC1(C)COC1. The Bertz CT molecular complexity index is 539. The van der Waals surface area contributed by atoms with Crippen molar-refractivity contribution in [3.63, 3.8) is 0 Å². The third kappa shape index (κ3) is 4.37. The van der Waals surface area contributed by atoms with Gasteiger partial charge < -0.3 is 15.4 Å². The summed E-state index contributed by atoms with van der Waals surface area (Å²) in [6.45, 7) is 4.48. The summed E-state index contributed by atoms with van der Waals surface area (Å²) in [4.78, 5) is 4.07. The molecular weight excluding hydrogens is 295 g/mol. The van der Waals surface area contributed by atoms with E-state index in [1.807, 2.05) is 0 Å². The van der Waals surface area contributed by atoms with Crippen LogP contribution in [0.15, 0.2) is 29.3 Å². The summed E-state index contributed by atoms with van der Waals surface area (Å²) in [6, 6.07) is 5.26. The molecule has 0 spiro atoms. The first kappa shape index (κ1) is 16.6. The van der Waals surface area contributed by atoms with Crippen LogP contribution in [0.1, 0.15) is 18.1 Å². The number of ether oxygens (including phenoxy) is 1. The lowest BCUT2D eigenvalue weighted by molar-refractivity contribution is -0.137. The summed E-state index contributed by atoms with van der Waals surface area (Å²) in [7, 11) is 1.63. The van der Waals surface area contributed by atoms with Crippen LogP contribution in [-0.4, -0.2) is 32.8 Å². The highest BCUT2D eigenvalue weighted by Gasteiger charge is 2.33. The average Bonchev–Trinajstić information content (AvgIpc) is 2.45. The van der Waals surface area contributed by atoms with Gasteiger partial charge in [-0.2, -0.15) is 13.2 Å². The summed E-state index contributed by atoms with van der Waals surface area (Å²) in [5.74, 6) is 0.561. The van der Waals surface area contributed by atoms with Crippen molar-refractivity contribution in [1.82, 2.24) is 10.6 Å². The molecule has 4 nitrogen and oxygen atoms in total. The Morgan fingerprint density at radius 1 is 1.32 bits per heavy atom. The van der Waals surface area contributed by atoms with E-state index in [9.17, 15) is 13.2 Å². The minimum absolute atomic E-state index is 0.0911. The summed E-state index contributed by atoms with van der Waals surface area (Å²) in [6.07, 6.45) is -4.32. The zero-order valence-corrected chi connectivity index (χ0v) is 12.6. The largest absolute Gasteiger partial charge is 0.416 e. The van der Waals surface area contributed by atoms with Crippen molar-refractivity contribution >= 4 is 5.96 Å². The molecule has 1 aliphatic heterocycles. The fourth-order valence-electron chi connectivity index (χ4n) is 2.11. The number of guanidine groups is 1. The van der Waals surface area contributed by atoms with Gasteiger partial charge in [-0.25, -0.2) is 0 Å². The minimum atomic E-state index is -4.32. The molecule has 2 rings (SSSR count). The lowest BCUT2D eigenvalue weighted by atomic mass is 9.89. The van der Waals surface area contributed by atoms with Crippen molar-refractivity contribution in [2.45, 2.75) is 19.6 Å². The number of hydrogen-bond donors (Lipinski definition) is 2. The molecule has 122 valence electrons. The van der Waals surface area contributed by atoms with Gasteiger partial charge in [-0.3, -0.25) is 4.99 Å². The lowest BCUT2D eigenvalue weighted by Crippen LogP contribution is -2.50. The first-order chi connectivity index (χ1) is 10.3. The maximum absolute atomic E-state index is 12.7. The monoisotopic (exact) mass is 315 g/mol. The number of hydrogen-bond acceptors (Lipinski definition) is 2. The number of nitrogens with zero attached hydrogens (tertiary/aromatic N) is 1. The molecule has 1 heterocycles. The van der Waals surface area contributed by atoms with E-state index < -0.39 is 11.7 Å². The van der Waals surface area contributed by atoms with Crippen LogP contribution < -0.4 is 10.6 Å². The van der Waals surface area contributed by atoms with E-state index >= 15 is 0 Å². The van der Waals surface area contributed by atoms with Crippen molar-refractivity contribution in [3.05, 3.63) is 35.4 Å². The summed E-state index contributed by atoms with van der Waals surface area (Å²) in [5, 5.41) is 6.18. The van der Waals surface area contributed by atoms with Crippen molar-refractivity contribution in [2.24, 2.45) is 10.4 Å². The first-order valence-corrected chi connectivity index (χ1v) is 7.01. The van der Waals surface area contributed by atoms with Crippen molar-refractivity contribution < 1.29 is 17.9 Å². The van der Waals surface area contributed by atoms with Gasteiger partial charge in [-0.05, 0) is 17.7 Å². The Balaban J connectivity index is 1.88. The molecule has 0 saturated carbocycles. The first-order valence-electron chi connectivity index (χ1n) is 7.01. The maximum atomic E-state index is 12.7.